The second-order valence-electron chi connectivity index (χ2n) is 7.05. The molecule has 0 radical (unpaired) electrons. The molecule has 3 aromatic rings. The Labute approximate surface area is 146 Å². The van der Waals surface area contributed by atoms with Crippen molar-refractivity contribution >= 4 is 5.65 Å². The summed E-state index contributed by atoms with van der Waals surface area (Å²) < 4.78 is 14.8. The van der Waals surface area contributed by atoms with Crippen molar-refractivity contribution in [2.24, 2.45) is 5.92 Å². The minimum absolute atomic E-state index is 0.0550. The Bertz CT molecular complexity index is 976. The zero-order chi connectivity index (χ0) is 17.4. The molecule has 4 heteroatoms. The zero-order valence-electron chi connectivity index (χ0n) is 14.3. The van der Waals surface area contributed by atoms with Crippen molar-refractivity contribution in [3.8, 4) is 11.1 Å². The number of aryl methyl sites for hydroxylation is 1. The van der Waals surface area contributed by atoms with E-state index < -0.39 is 0 Å². The number of aromatic nitrogens is 2. The average Bonchev–Trinajstić information content (AvgIpc) is 2.60. The standard InChI is InChI=1S/C21H21FN2O/c1-14-4-2-3-5-19-18(12-14)21(25)24-11-10-16(13-20(24)23-19)15-6-8-17(22)9-7-15/h6-11,13-14H,2-5,12H2,1H3. The SMILES string of the molecule is CC1CCCCc2nc3cc(-c4ccc(F)cc4)ccn3c(=O)c2C1. The molecule has 1 atom stereocenters. The number of hydrogen-bond acceptors (Lipinski definition) is 2. The van der Waals surface area contributed by atoms with Crippen LogP contribution < -0.4 is 5.56 Å². The average molecular weight is 336 g/mol. The number of pyridine rings is 1. The van der Waals surface area contributed by atoms with Crippen LogP contribution >= 0.6 is 0 Å². The van der Waals surface area contributed by atoms with Gasteiger partial charge in [0.25, 0.3) is 5.56 Å². The van der Waals surface area contributed by atoms with Crippen LogP contribution in [0.3, 0.4) is 0 Å². The van der Waals surface area contributed by atoms with Crippen LogP contribution in [0.1, 0.15) is 37.4 Å². The molecule has 2 heterocycles. The molecule has 0 saturated carbocycles. The highest BCUT2D eigenvalue weighted by molar-refractivity contribution is 5.67. The van der Waals surface area contributed by atoms with E-state index in [4.69, 9.17) is 4.98 Å². The van der Waals surface area contributed by atoms with Gasteiger partial charge in [0.15, 0.2) is 0 Å². The van der Waals surface area contributed by atoms with Crippen LogP contribution in [0.5, 0.6) is 0 Å². The van der Waals surface area contributed by atoms with E-state index in [0.717, 1.165) is 41.6 Å². The molecular weight excluding hydrogens is 315 g/mol. The lowest BCUT2D eigenvalue weighted by Crippen LogP contribution is -2.25. The lowest BCUT2D eigenvalue weighted by molar-refractivity contribution is 0.474. The number of benzene rings is 1. The Kier molecular flexibility index (Phi) is 4.12. The van der Waals surface area contributed by atoms with Gasteiger partial charge in [0.2, 0.25) is 0 Å². The van der Waals surface area contributed by atoms with Crippen molar-refractivity contribution in [3.05, 3.63) is 70.0 Å². The minimum atomic E-state index is -0.255. The third kappa shape index (κ3) is 3.09. The molecule has 0 N–H and O–H groups in total. The summed E-state index contributed by atoms with van der Waals surface area (Å²) in [6.07, 6.45) is 6.91. The van der Waals surface area contributed by atoms with E-state index in [-0.39, 0.29) is 11.4 Å². The first-order valence-corrected chi connectivity index (χ1v) is 8.92. The van der Waals surface area contributed by atoms with Gasteiger partial charge in [0.05, 0.1) is 5.69 Å². The molecule has 1 unspecified atom stereocenters. The van der Waals surface area contributed by atoms with Crippen LogP contribution in [-0.2, 0) is 12.8 Å². The quantitative estimate of drug-likeness (QED) is 0.660. The van der Waals surface area contributed by atoms with Gasteiger partial charge in [-0.15, -0.1) is 0 Å². The van der Waals surface area contributed by atoms with Crippen LogP contribution in [0, 0.1) is 11.7 Å². The van der Waals surface area contributed by atoms with Crippen molar-refractivity contribution in [1.82, 2.24) is 9.38 Å². The van der Waals surface area contributed by atoms with Crippen LogP contribution in [0.4, 0.5) is 4.39 Å². The molecular formula is C21H21FN2O. The molecule has 3 nitrogen and oxygen atoms in total. The van der Waals surface area contributed by atoms with Crippen molar-refractivity contribution in [1.29, 1.82) is 0 Å². The topological polar surface area (TPSA) is 34.4 Å². The smallest absolute Gasteiger partial charge is 0.261 e. The maximum absolute atomic E-state index is 13.1. The lowest BCUT2D eigenvalue weighted by atomic mass is 9.90. The van der Waals surface area contributed by atoms with Crippen molar-refractivity contribution in [2.75, 3.05) is 0 Å². The molecule has 0 spiro atoms. The number of halogens is 1. The van der Waals surface area contributed by atoms with E-state index in [2.05, 4.69) is 6.92 Å². The van der Waals surface area contributed by atoms with Crippen LogP contribution in [0.2, 0.25) is 0 Å². The van der Waals surface area contributed by atoms with E-state index in [1.54, 1.807) is 22.7 Å². The number of rotatable bonds is 1. The first-order valence-electron chi connectivity index (χ1n) is 8.92. The van der Waals surface area contributed by atoms with Gasteiger partial charge >= 0.3 is 0 Å². The van der Waals surface area contributed by atoms with E-state index in [1.807, 2.05) is 12.1 Å². The Hall–Kier alpha value is -2.49. The third-order valence-electron chi connectivity index (χ3n) is 5.10. The normalized spacial score (nSPS) is 17.8. The highest BCUT2D eigenvalue weighted by atomic mass is 19.1. The van der Waals surface area contributed by atoms with Crippen LogP contribution in [0.15, 0.2) is 47.4 Å². The molecule has 0 bridgehead atoms. The lowest BCUT2D eigenvalue weighted by Gasteiger charge is -2.18. The van der Waals surface area contributed by atoms with Gasteiger partial charge in [-0.1, -0.05) is 31.9 Å². The summed E-state index contributed by atoms with van der Waals surface area (Å²) in [6, 6.07) is 10.2. The van der Waals surface area contributed by atoms with Gasteiger partial charge in [0.1, 0.15) is 11.5 Å². The monoisotopic (exact) mass is 336 g/mol. The van der Waals surface area contributed by atoms with Gasteiger partial charge in [-0.05, 0) is 60.6 Å². The fourth-order valence-corrected chi connectivity index (χ4v) is 3.69. The van der Waals surface area contributed by atoms with Crippen molar-refractivity contribution in [2.45, 2.75) is 39.0 Å². The fraction of sp³-hybridized carbons (Fsp3) is 0.333. The Morgan fingerprint density at radius 3 is 2.72 bits per heavy atom. The summed E-state index contributed by atoms with van der Waals surface area (Å²) in [5.74, 6) is 0.263. The Morgan fingerprint density at radius 2 is 1.92 bits per heavy atom. The summed E-state index contributed by atoms with van der Waals surface area (Å²) >= 11 is 0. The highest BCUT2D eigenvalue weighted by Gasteiger charge is 2.18. The second-order valence-corrected chi connectivity index (χ2v) is 7.05. The maximum atomic E-state index is 13.1. The van der Waals surface area contributed by atoms with Gasteiger partial charge < -0.3 is 0 Å². The first kappa shape index (κ1) is 16.0. The summed E-state index contributed by atoms with van der Waals surface area (Å²) in [4.78, 5) is 17.8. The van der Waals surface area contributed by atoms with Gasteiger partial charge in [-0.2, -0.15) is 0 Å². The molecule has 1 aliphatic rings. The molecule has 0 amide bonds. The molecule has 2 aromatic heterocycles. The predicted molar refractivity (Wildman–Crippen MR) is 97.3 cm³/mol. The summed E-state index contributed by atoms with van der Waals surface area (Å²) in [5, 5.41) is 0. The highest BCUT2D eigenvalue weighted by Crippen LogP contribution is 2.23. The van der Waals surface area contributed by atoms with Gasteiger partial charge in [-0.25, -0.2) is 9.37 Å². The van der Waals surface area contributed by atoms with E-state index in [0.29, 0.717) is 11.6 Å². The summed E-state index contributed by atoms with van der Waals surface area (Å²) in [7, 11) is 0. The molecule has 1 aliphatic carbocycles. The van der Waals surface area contributed by atoms with Crippen LogP contribution in [0.25, 0.3) is 16.8 Å². The molecule has 128 valence electrons. The maximum Gasteiger partial charge on any atom is 0.261 e. The minimum Gasteiger partial charge on any atom is -0.269 e. The number of nitrogens with zero attached hydrogens (tertiary/aromatic N) is 2. The van der Waals surface area contributed by atoms with E-state index in [1.165, 1.54) is 25.0 Å². The fourth-order valence-electron chi connectivity index (χ4n) is 3.69. The number of hydrogen-bond donors (Lipinski definition) is 0. The molecule has 25 heavy (non-hydrogen) atoms. The summed E-state index contributed by atoms with van der Waals surface area (Å²) in [6.45, 7) is 2.21. The molecule has 0 saturated heterocycles. The first-order chi connectivity index (χ1) is 12.1. The van der Waals surface area contributed by atoms with Crippen molar-refractivity contribution in [3.63, 3.8) is 0 Å². The molecule has 4 rings (SSSR count). The largest absolute Gasteiger partial charge is 0.269 e. The Balaban J connectivity index is 1.85. The van der Waals surface area contributed by atoms with Crippen molar-refractivity contribution < 1.29 is 4.39 Å². The molecule has 0 fully saturated rings. The predicted octanol–water partition coefficient (Wildman–Crippen LogP) is 4.41. The van der Waals surface area contributed by atoms with E-state index in [9.17, 15) is 9.18 Å². The third-order valence-corrected chi connectivity index (χ3v) is 5.10. The van der Waals surface area contributed by atoms with Crippen LogP contribution in [-0.4, -0.2) is 9.38 Å². The molecule has 0 aliphatic heterocycles. The van der Waals surface area contributed by atoms with Gasteiger partial charge in [0, 0.05) is 11.8 Å². The van der Waals surface area contributed by atoms with E-state index >= 15 is 0 Å². The second kappa shape index (κ2) is 6.43. The number of fused-ring (bicyclic) bond motifs is 2. The van der Waals surface area contributed by atoms with Gasteiger partial charge in [-0.3, -0.25) is 9.20 Å². The molecule has 1 aromatic carbocycles. The zero-order valence-corrected chi connectivity index (χ0v) is 14.3. The summed E-state index contributed by atoms with van der Waals surface area (Å²) in [5.41, 5.74) is 4.40. The Morgan fingerprint density at radius 1 is 1.12 bits per heavy atom.